The zero-order valence-electron chi connectivity index (χ0n) is 15.4. The molecule has 4 rings (SSSR count). The third kappa shape index (κ3) is 3.76. The second-order valence-corrected chi connectivity index (χ2v) is 6.48. The van der Waals surface area contributed by atoms with Gasteiger partial charge in [0.05, 0.1) is 11.2 Å². The Morgan fingerprint density at radius 1 is 0.964 bits per heavy atom. The summed E-state index contributed by atoms with van der Waals surface area (Å²) in [5.74, 6) is 0.781. The molecule has 0 atom stereocenters. The van der Waals surface area contributed by atoms with Crippen molar-refractivity contribution < 1.29 is 4.74 Å². The molecule has 0 saturated heterocycles. The predicted molar refractivity (Wildman–Crippen MR) is 109 cm³/mol. The highest BCUT2D eigenvalue weighted by Crippen LogP contribution is 2.29. The van der Waals surface area contributed by atoms with Gasteiger partial charge in [-0.05, 0) is 48.9 Å². The van der Waals surface area contributed by atoms with Crippen LogP contribution >= 0.6 is 0 Å². The maximum Gasteiger partial charge on any atom is 0.187 e. The van der Waals surface area contributed by atoms with Gasteiger partial charge in [0.15, 0.2) is 5.69 Å². The van der Waals surface area contributed by atoms with Crippen molar-refractivity contribution in [3.05, 3.63) is 89.6 Å². The SMILES string of the molecule is Cc1ccc2nnc(C#N)c(Nc3ccc(OCc4ccccc4)cc3)c2c1. The molecule has 0 spiro atoms. The van der Waals surface area contributed by atoms with Crippen LogP contribution in [0, 0.1) is 18.3 Å². The monoisotopic (exact) mass is 366 g/mol. The zero-order valence-corrected chi connectivity index (χ0v) is 15.4. The average Bonchev–Trinajstić information content (AvgIpc) is 2.74. The van der Waals surface area contributed by atoms with Crippen LogP contribution in [0.15, 0.2) is 72.8 Å². The Balaban J connectivity index is 1.56. The lowest BCUT2D eigenvalue weighted by Gasteiger charge is -2.12. The van der Waals surface area contributed by atoms with Crippen molar-refractivity contribution in [3.8, 4) is 11.8 Å². The molecule has 1 N–H and O–H groups in total. The topological polar surface area (TPSA) is 70.8 Å². The number of anilines is 2. The lowest BCUT2D eigenvalue weighted by atomic mass is 10.1. The Hall–Kier alpha value is -3.91. The molecular weight excluding hydrogens is 348 g/mol. The first kappa shape index (κ1) is 17.5. The van der Waals surface area contributed by atoms with E-state index < -0.39 is 0 Å². The molecule has 4 aromatic rings. The molecular formula is C23H18N4O. The molecule has 0 amide bonds. The summed E-state index contributed by atoms with van der Waals surface area (Å²) in [4.78, 5) is 0. The highest BCUT2D eigenvalue weighted by molar-refractivity contribution is 5.95. The maximum atomic E-state index is 9.44. The quantitative estimate of drug-likeness (QED) is 0.530. The van der Waals surface area contributed by atoms with E-state index in [9.17, 15) is 5.26 Å². The number of nitrogens with zero attached hydrogens (tertiary/aromatic N) is 3. The minimum atomic E-state index is 0.266. The van der Waals surface area contributed by atoms with Gasteiger partial charge in [0.25, 0.3) is 0 Å². The normalized spacial score (nSPS) is 10.4. The van der Waals surface area contributed by atoms with Gasteiger partial charge in [-0.3, -0.25) is 0 Å². The maximum absolute atomic E-state index is 9.44. The van der Waals surface area contributed by atoms with E-state index in [2.05, 4.69) is 21.6 Å². The molecule has 0 saturated carbocycles. The first-order valence-corrected chi connectivity index (χ1v) is 8.94. The van der Waals surface area contributed by atoms with Crippen LogP contribution in [-0.2, 0) is 6.61 Å². The molecule has 0 unspecified atom stereocenters. The number of rotatable bonds is 5. The largest absolute Gasteiger partial charge is 0.489 e. The molecule has 1 aromatic heterocycles. The summed E-state index contributed by atoms with van der Waals surface area (Å²) in [5.41, 5.74) is 4.73. The summed E-state index contributed by atoms with van der Waals surface area (Å²) < 4.78 is 5.83. The van der Waals surface area contributed by atoms with E-state index >= 15 is 0 Å². The molecule has 0 radical (unpaired) electrons. The minimum absolute atomic E-state index is 0.266. The number of nitrogens with one attached hydrogen (secondary N) is 1. The molecule has 1 heterocycles. The van der Waals surface area contributed by atoms with Gasteiger partial charge in [-0.2, -0.15) is 5.26 Å². The summed E-state index contributed by atoms with van der Waals surface area (Å²) in [6.45, 7) is 2.53. The smallest absolute Gasteiger partial charge is 0.187 e. The van der Waals surface area contributed by atoms with E-state index in [1.165, 1.54) is 0 Å². The molecule has 0 aliphatic carbocycles. The molecule has 5 heteroatoms. The van der Waals surface area contributed by atoms with Crippen molar-refractivity contribution in [3.63, 3.8) is 0 Å². The minimum Gasteiger partial charge on any atom is -0.489 e. The van der Waals surface area contributed by atoms with Crippen LogP contribution < -0.4 is 10.1 Å². The number of nitriles is 1. The highest BCUT2D eigenvalue weighted by atomic mass is 16.5. The van der Waals surface area contributed by atoms with Crippen molar-refractivity contribution in [2.24, 2.45) is 0 Å². The first-order chi connectivity index (χ1) is 13.7. The van der Waals surface area contributed by atoms with Gasteiger partial charge in [0.2, 0.25) is 0 Å². The molecule has 5 nitrogen and oxygen atoms in total. The number of hydrogen-bond acceptors (Lipinski definition) is 5. The van der Waals surface area contributed by atoms with Gasteiger partial charge in [0, 0.05) is 11.1 Å². The standard InChI is InChI=1S/C23H18N4O/c1-16-7-12-21-20(13-16)23(22(14-24)27-26-21)25-18-8-10-19(11-9-18)28-15-17-5-3-2-4-6-17/h2-13H,15H2,1H3,(H,25,26). The number of hydrogen-bond donors (Lipinski definition) is 1. The number of benzene rings is 3. The molecule has 3 aromatic carbocycles. The van der Waals surface area contributed by atoms with Crippen molar-refractivity contribution in [1.29, 1.82) is 5.26 Å². The first-order valence-electron chi connectivity index (χ1n) is 8.94. The van der Waals surface area contributed by atoms with Gasteiger partial charge >= 0.3 is 0 Å². The van der Waals surface area contributed by atoms with Crippen LogP contribution in [0.2, 0.25) is 0 Å². The Bertz CT molecular complexity index is 1150. The fourth-order valence-electron chi connectivity index (χ4n) is 2.94. The van der Waals surface area contributed by atoms with Crippen molar-refractivity contribution >= 4 is 22.3 Å². The fourth-order valence-corrected chi connectivity index (χ4v) is 2.94. The Labute approximate surface area is 163 Å². The average molecular weight is 366 g/mol. The van der Waals surface area contributed by atoms with Gasteiger partial charge in [-0.1, -0.05) is 42.0 Å². The van der Waals surface area contributed by atoms with Crippen LogP contribution in [0.1, 0.15) is 16.8 Å². The lowest BCUT2D eigenvalue weighted by molar-refractivity contribution is 0.306. The summed E-state index contributed by atoms with van der Waals surface area (Å²) in [6, 6.07) is 25.7. The van der Waals surface area contributed by atoms with Crippen molar-refractivity contribution in [1.82, 2.24) is 10.2 Å². The Kier molecular flexibility index (Phi) is 4.85. The van der Waals surface area contributed by atoms with Gasteiger partial charge in [-0.15, -0.1) is 10.2 Å². The van der Waals surface area contributed by atoms with Crippen LogP contribution in [0.25, 0.3) is 10.9 Å². The number of ether oxygens (including phenoxy) is 1. The van der Waals surface area contributed by atoms with Crippen LogP contribution in [0.5, 0.6) is 5.75 Å². The van der Waals surface area contributed by atoms with Gasteiger partial charge < -0.3 is 10.1 Å². The molecule has 0 aliphatic heterocycles. The molecule has 0 fully saturated rings. The van der Waals surface area contributed by atoms with Crippen molar-refractivity contribution in [2.75, 3.05) is 5.32 Å². The predicted octanol–water partition coefficient (Wildman–Crippen LogP) is 5.13. The van der Waals surface area contributed by atoms with E-state index in [-0.39, 0.29) is 5.69 Å². The number of aryl methyl sites for hydroxylation is 1. The van der Waals surface area contributed by atoms with Crippen LogP contribution in [0.3, 0.4) is 0 Å². The van der Waals surface area contributed by atoms with E-state index in [1.807, 2.05) is 79.7 Å². The van der Waals surface area contributed by atoms with E-state index in [1.54, 1.807) is 0 Å². The summed E-state index contributed by atoms with van der Waals surface area (Å²) in [7, 11) is 0. The second kappa shape index (κ2) is 7.77. The van der Waals surface area contributed by atoms with E-state index in [0.29, 0.717) is 12.3 Å². The van der Waals surface area contributed by atoms with Gasteiger partial charge in [-0.25, -0.2) is 0 Å². The number of fused-ring (bicyclic) bond motifs is 1. The molecule has 0 bridgehead atoms. The van der Waals surface area contributed by atoms with E-state index in [0.717, 1.165) is 33.5 Å². The highest BCUT2D eigenvalue weighted by Gasteiger charge is 2.11. The third-order valence-electron chi connectivity index (χ3n) is 4.39. The van der Waals surface area contributed by atoms with Crippen molar-refractivity contribution in [2.45, 2.75) is 13.5 Å². The Morgan fingerprint density at radius 3 is 2.50 bits per heavy atom. The van der Waals surface area contributed by atoms with Gasteiger partial charge in [0.1, 0.15) is 18.4 Å². The number of aromatic nitrogens is 2. The Morgan fingerprint density at radius 2 is 1.75 bits per heavy atom. The van der Waals surface area contributed by atoms with Crippen LogP contribution in [-0.4, -0.2) is 10.2 Å². The molecule has 28 heavy (non-hydrogen) atoms. The molecule has 136 valence electrons. The third-order valence-corrected chi connectivity index (χ3v) is 4.39. The summed E-state index contributed by atoms with van der Waals surface area (Å²) in [6.07, 6.45) is 0. The summed E-state index contributed by atoms with van der Waals surface area (Å²) in [5, 5.41) is 21.8. The molecule has 0 aliphatic rings. The van der Waals surface area contributed by atoms with E-state index in [4.69, 9.17) is 4.74 Å². The lowest BCUT2D eigenvalue weighted by Crippen LogP contribution is -2.00. The second-order valence-electron chi connectivity index (χ2n) is 6.48. The fraction of sp³-hybridized carbons (Fsp3) is 0.0870. The zero-order chi connectivity index (χ0) is 19.3. The summed E-state index contributed by atoms with van der Waals surface area (Å²) >= 11 is 0. The van der Waals surface area contributed by atoms with Crippen LogP contribution in [0.4, 0.5) is 11.4 Å².